The van der Waals surface area contributed by atoms with Gasteiger partial charge in [0.1, 0.15) is 59.7 Å². The summed E-state index contributed by atoms with van der Waals surface area (Å²) in [7, 11) is 8.84. The van der Waals surface area contributed by atoms with Crippen LogP contribution in [0.5, 0.6) is 11.5 Å². The molecule has 8 atom stereocenters. The molecule has 29 nitrogen and oxygen atoms in total. The van der Waals surface area contributed by atoms with Crippen LogP contribution in [0.2, 0.25) is 5.02 Å². The van der Waals surface area contributed by atoms with Crippen molar-refractivity contribution in [3.05, 3.63) is 292 Å². The number of hydrogen-bond donors (Lipinski definition) is 4. The zero-order valence-corrected chi connectivity index (χ0v) is 80.3. The maximum absolute atomic E-state index is 14.5. The molecule has 2 fully saturated rings. The molecule has 4 aromatic heterocycles. The number of benzene rings is 5. The van der Waals surface area contributed by atoms with Gasteiger partial charge in [-0.15, -0.1) is 0 Å². The Kier molecular flexibility index (Phi) is 39.5. The number of halogens is 1. The average Bonchev–Trinajstić information content (AvgIpc) is 1.57. The maximum Gasteiger partial charge on any atom is 0.409 e. The molecule has 716 valence electrons. The molecule has 0 radical (unpaired) electrons. The number of alkyl carbamates (subject to hydrolysis) is 1. The van der Waals surface area contributed by atoms with Crippen molar-refractivity contribution in [1.29, 1.82) is 0 Å². The van der Waals surface area contributed by atoms with E-state index >= 15 is 0 Å². The van der Waals surface area contributed by atoms with Crippen LogP contribution in [0.25, 0.3) is 11.1 Å². The molecule has 12 rings (SSSR count). The number of hydrogen-bond acceptors (Lipinski definition) is 25. The van der Waals surface area contributed by atoms with E-state index in [2.05, 4.69) is 100 Å². The summed E-state index contributed by atoms with van der Waals surface area (Å²) in [5.74, 6) is -0.832. The second-order valence-electron chi connectivity index (χ2n) is 34.1. The fourth-order valence-corrected chi connectivity index (χ4v) is 18.4. The molecule has 6 amide bonds. The second-order valence-corrected chi connectivity index (χ2v) is 37.2. The van der Waals surface area contributed by atoms with Crippen LogP contribution in [-0.2, 0) is 127 Å². The Balaban J connectivity index is 0.539. The van der Waals surface area contributed by atoms with Gasteiger partial charge in [0, 0.05) is 148 Å². The number of aromatic nitrogens is 4. The lowest BCUT2D eigenvalue weighted by Crippen LogP contribution is -2.63. The summed E-state index contributed by atoms with van der Waals surface area (Å²) in [4.78, 5) is 123. The van der Waals surface area contributed by atoms with E-state index in [1.54, 1.807) is 45.2 Å². The second kappa shape index (κ2) is 52.0. The normalized spacial score (nSPS) is 19.2. The van der Waals surface area contributed by atoms with Gasteiger partial charge < -0.3 is 73.1 Å². The number of carbonyl (C=O) groups excluding carboxylic acids is 7. The van der Waals surface area contributed by atoms with Crippen molar-refractivity contribution < 1.29 is 81.3 Å². The van der Waals surface area contributed by atoms with Gasteiger partial charge in [-0.2, -0.15) is 0 Å². The molecular formula is C103H123ClN12O17S2. The third-order valence-electron chi connectivity index (χ3n) is 23.8. The SMILES string of the molecule is COc1cc2cc(c1Cl)N(C)C(=O)C[C@@H](OC(=O)[C@@H](C)N(C)C(=O)CCSSCCC(=O)NCc1ccc(CNC(=O)COCCOCCOCC(=O)N(CCCCOc3cc(CN(Cc4ccccn4)Cc4ccccn4)cc(CN(Cc4ccccn4)Cc4ccccn4)c3)Cc3ccc(-c4ccccc4)cc3)cc1)[C@@]1(C)O[C@@H]1[C@@H](C)[C@H]1C[C@](O)(NC(=O)O1)C(OC)/C=C/C=C(\C)C2. The van der Waals surface area contributed by atoms with Gasteiger partial charge in [0.25, 0.3) is 0 Å². The molecule has 1 unspecified atom stereocenters. The maximum atomic E-state index is 14.5. The third-order valence-corrected chi connectivity index (χ3v) is 26.6. The Morgan fingerprint density at radius 1 is 0.637 bits per heavy atom. The van der Waals surface area contributed by atoms with Gasteiger partial charge in [-0.3, -0.25) is 59.0 Å². The number of allylic oxidation sites excluding steroid dienone is 3. The van der Waals surface area contributed by atoms with Gasteiger partial charge in [-0.05, 0) is 157 Å². The van der Waals surface area contributed by atoms with Crippen molar-refractivity contribution in [3.8, 4) is 22.6 Å². The summed E-state index contributed by atoms with van der Waals surface area (Å²) in [6.45, 7) is 12.9. The largest absolute Gasteiger partial charge is 0.495 e. The van der Waals surface area contributed by atoms with Crippen LogP contribution in [0.4, 0.5) is 10.5 Å². The quantitative estimate of drug-likeness (QED) is 0.0119. The summed E-state index contributed by atoms with van der Waals surface area (Å²) >= 11 is 6.87. The standard InChI is InChI=1S/C103H123ClN12O17S2/c1-72-23-22-30-91(126-8)103(124)60-90(131-101(123)111-103)73(2)99-102(4,133-99)92(59-96(120)113(6)88-57-78(53-72)58-89(125-7)98(88)104)132-100(122)74(3)112(5)95(119)40-52-135-134-51-39-93(117)109-61-75-31-33-76(34-32-75)62-110-94(118)70-128-49-47-127-48-50-129-71-97(121)116(65-77-35-37-82(38-36-77)81-24-10-9-11-25-81)45-20-21-46-130-87-55-79(63-114(66-83-26-12-16-41-105-83)67-84-27-13-17-42-106-84)54-80(56-87)64-115(68-85-28-14-18-43-107-85)69-86-29-15-19-44-108-86/h9-19,22-38,41-44,54-58,73-74,90-92,99,124H,20-21,39-40,45-53,59-71H2,1-8H3,(H,109,117)(H,110,118)(H,111,123)/b30-22+,72-23+/t73-,74+,90+,91?,92+,99+,102+,103+/m0/s1. The number of nitrogens with one attached hydrogen (secondary N) is 3. The number of rotatable bonds is 47. The smallest absolute Gasteiger partial charge is 0.409 e. The summed E-state index contributed by atoms with van der Waals surface area (Å²) in [6, 6.07) is 58.9. The molecule has 0 aliphatic carbocycles. The summed E-state index contributed by atoms with van der Waals surface area (Å²) < 4.78 is 53.7. The van der Waals surface area contributed by atoms with Crippen LogP contribution in [0.1, 0.15) is 122 Å². The number of anilines is 1. The first-order valence-electron chi connectivity index (χ1n) is 45.5. The number of esters is 1. The van der Waals surface area contributed by atoms with E-state index in [0.29, 0.717) is 108 Å². The number of likely N-dealkylation sites (N-methyl/N-ethyl adjacent to an activating group) is 1. The molecule has 135 heavy (non-hydrogen) atoms. The highest BCUT2D eigenvalue weighted by atomic mass is 35.5. The Bertz CT molecular complexity index is 5190. The number of ether oxygens (including phenoxy) is 9. The van der Waals surface area contributed by atoms with Crippen LogP contribution in [-0.4, -0.2) is 221 Å². The number of carbonyl (C=O) groups is 7. The summed E-state index contributed by atoms with van der Waals surface area (Å²) in [5.41, 5.74) is 9.75. The number of nitrogens with zero attached hydrogens (tertiary/aromatic N) is 9. The predicted octanol–water partition coefficient (Wildman–Crippen LogP) is 14.2. The fourth-order valence-electron chi connectivity index (χ4n) is 16.1. The van der Waals surface area contributed by atoms with Crippen LogP contribution in [0.15, 0.2) is 231 Å². The fraction of sp³-hybridized carbons (Fsp3) is 0.408. The molecule has 4 N–H and O–H groups in total. The van der Waals surface area contributed by atoms with Crippen molar-refractivity contribution in [2.24, 2.45) is 5.92 Å². The Labute approximate surface area is 803 Å². The number of pyridine rings is 4. The van der Waals surface area contributed by atoms with Crippen LogP contribution in [0, 0.1) is 5.92 Å². The summed E-state index contributed by atoms with van der Waals surface area (Å²) in [5, 5.41) is 20.5. The zero-order valence-electron chi connectivity index (χ0n) is 77.9. The minimum absolute atomic E-state index is 0.0748. The molecular weight excluding hydrogens is 1780 g/mol. The molecule has 7 heterocycles. The van der Waals surface area contributed by atoms with Gasteiger partial charge in [-0.1, -0.05) is 173 Å². The minimum Gasteiger partial charge on any atom is -0.495 e. The molecule has 9 aromatic rings. The summed E-state index contributed by atoms with van der Waals surface area (Å²) in [6.07, 6.45) is 9.42. The zero-order chi connectivity index (χ0) is 95.5. The number of methoxy groups -OCH3 is 2. The monoisotopic (exact) mass is 1900 g/mol. The molecule has 0 spiro atoms. The van der Waals surface area contributed by atoms with E-state index in [0.717, 1.165) is 78.6 Å². The van der Waals surface area contributed by atoms with Crippen molar-refractivity contribution in [1.82, 2.24) is 55.5 Å². The Hall–Kier alpha value is -11.5. The van der Waals surface area contributed by atoms with Gasteiger partial charge in [0.15, 0.2) is 5.72 Å². The Morgan fingerprint density at radius 2 is 1.19 bits per heavy atom. The lowest BCUT2D eigenvalue weighted by Gasteiger charge is -2.42. The van der Waals surface area contributed by atoms with E-state index in [-0.39, 0.29) is 101 Å². The predicted molar refractivity (Wildman–Crippen MR) is 519 cm³/mol. The first-order valence-corrected chi connectivity index (χ1v) is 48.4. The molecule has 2 saturated heterocycles. The number of epoxide rings is 1. The Morgan fingerprint density at radius 3 is 1.76 bits per heavy atom. The average molecular weight is 1900 g/mol. The minimum atomic E-state index is -1.88. The van der Waals surface area contributed by atoms with Crippen molar-refractivity contribution >= 4 is 80.5 Å². The van der Waals surface area contributed by atoms with Gasteiger partial charge in [-0.25, -0.2) is 9.59 Å². The highest BCUT2D eigenvalue weighted by molar-refractivity contribution is 8.76. The molecule has 3 aliphatic heterocycles. The van der Waals surface area contributed by atoms with Crippen LogP contribution in [0.3, 0.4) is 0 Å². The highest BCUT2D eigenvalue weighted by Gasteiger charge is 2.65. The third kappa shape index (κ3) is 31.8. The van der Waals surface area contributed by atoms with E-state index in [1.165, 1.54) is 59.6 Å². The topological polar surface area (TPSA) is 330 Å². The molecule has 0 saturated carbocycles. The van der Waals surface area contributed by atoms with E-state index in [4.69, 9.17) is 54.2 Å². The van der Waals surface area contributed by atoms with E-state index in [1.807, 2.05) is 158 Å². The van der Waals surface area contributed by atoms with Gasteiger partial charge in [0.05, 0.1) is 81.1 Å². The lowest BCUT2D eigenvalue weighted by molar-refractivity contribution is -0.162. The number of amides is 6. The highest BCUT2D eigenvalue weighted by Crippen LogP contribution is 2.50. The van der Waals surface area contributed by atoms with Crippen LogP contribution < -0.4 is 30.3 Å². The van der Waals surface area contributed by atoms with Gasteiger partial charge in [0.2, 0.25) is 29.5 Å². The first-order chi connectivity index (χ1) is 65.4. The van der Waals surface area contributed by atoms with E-state index in [9.17, 15) is 38.7 Å². The molecule has 5 aromatic carbocycles. The van der Waals surface area contributed by atoms with Crippen LogP contribution >= 0.6 is 33.2 Å². The number of aliphatic hydroxyl groups is 1. The van der Waals surface area contributed by atoms with Crippen molar-refractivity contribution in [2.75, 3.05) is 97.5 Å². The van der Waals surface area contributed by atoms with Crippen molar-refractivity contribution in [2.45, 2.75) is 173 Å². The van der Waals surface area contributed by atoms with Gasteiger partial charge >= 0.3 is 12.1 Å². The first kappa shape index (κ1) is 102. The molecule has 3 aliphatic rings. The van der Waals surface area contributed by atoms with Crippen molar-refractivity contribution in [3.63, 3.8) is 0 Å². The number of unbranched alkanes of at least 4 members (excludes halogenated alkanes) is 1. The number of fused-ring (bicyclic) bond motifs is 5. The lowest BCUT2D eigenvalue weighted by atomic mass is 9.83. The molecule has 4 bridgehead atoms. The van der Waals surface area contributed by atoms with E-state index < -0.39 is 65.7 Å². The molecule has 32 heteroatoms.